The lowest BCUT2D eigenvalue weighted by molar-refractivity contribution is -0.694. The van der Waals surface area contributed by atoms with Gasteiger partial charge in [0.05, 0.1) is 6.61 Å². The fourth-order valence-electron chi connectivity index (χ4n) is 2.60. The predicted octanol–water partition coefficient (Wildman–Crippen LogP) is 2.59. The Labute approximate surface area is 159 Å². The van der Waals surface area contributed by atoms with Crippen molar-refractivity contribution in [2.45, 2.75) is 31.7 Å². The number of hydrogen-bond donors (Lipinski definition) is 2. The molecule has 0 spiro atoms. The molecule has 0 aliphatic heterocycles. The summed E-state index contributed by atoms with van der Waals surface area (Å²) in [5.41, 5.74) is 1.70. The average molecular weight is 413 g/mol. The van der Waals surface area contributed by atoms with Crippen molar-refractivity contribution in [3.05, 3.63) is 48.8 Å². The quantitative estimate of drug-likeness (QED) is 0.371. The van der Waals surface area contributed by atoms with Crippen LogP contribution in [0.2, 0.25) is 0 Å². The number of benzene rings is 1. The molecule has 0 radical (unpaired) electrons. The largest absolute Gasteiger partial charge is 0.778 e. The Bertz CT molecular complexity index is 821. The lowest BCUT2D eigenvalue weighted by atomic mass is 10.1. The predicted molar refractivity (Wildman–Crippen MR) is 102 cm³/mol. The molecule has 0 bridgehead atoms. The molecule has 7 nitrogen and oxygen atoms in total. The van der Waals surface area contributed by atoms with Gasteiger partial charge in [-0.15, -0.1) is 0 Å². The van der Waals surface area contributed by atoms with Gasteiger partial charge in [0.25, 0.3) is 0 Å². The Balaban J connectivity index is 2.19. The first-order chi connectivity index (χ1) is 12.6. The Kier molecular flexibility index (Phi) is 7.38. The molecule has 1 heterocycles. The molecule has 27 heavy (non-hydrogen) atoms. The summed E-state index contributed by atoms with van der Waals surface area (Å²) in [4.78, 5) is 30.5. The number of aromatic nitrogens is 1. The lowest BCUT2D eigenvalue weighted by Crippen LogP contribution is -2.40. The number of unbranched alkanes of at least 4 members (excludes halogenated alkanes) is 1. The smallest absolute Gasteiger partial charge is 0.215 e. The normalized spacial score (nSPS) is 16.9. The molecular weight excluding hydrogens is 388 g/mol. The summed E-state index contributed by atoms with van der Waals surface area (Å²) in [5.74, 6) is 0.774. The molecule has 1 aromatic heterocycles. The van der Waals surface area contributed by atoms with Crippen LogP contribution in [0.1, 0.15) is 19.8 Å². The molecule has 0 amide bonds. The Morgan fingerprint density at radius 2 is 1.81 bits per heavy atom. The van der Waals surface area contributed by atoms with Gasteiger partial charge < -0.3 is 24.0 Å². The SMILES string of the molecule is CCCCOc1ccc(-c2ccc[n+](CC(P(C)(=O)O)P(=O)([O-])O)c2)cc1. The lowest BCUT2D eigenvalue weighted by Gasteiger charge is -2.26. The number of pyridine rings is 1. The zero-order valence-electron chi connectivity index (χ0n) is 15.4. The molecule has 2 aromatic rings. The molecule has 3 unspecified atom stereocenters. The summed E-state index contributed by atoms with van der Waals surface area (Å²) in [6, 6.07) is 11.1. The van der Waals surface area contributed by atoms with Crippen molar-refractivity contribution >= 4 is 15.0 Å². The van der Waals surface area contributed by atoms with Crippen LogP contribution >= 0.6 is 15.0 Å². The highest BCUT2D eigenvalue weighted by Gasteiger charge is 2.37. The van der Waals surface area contributed by atoms with E-state index in [4.69, 9.17) is 4.74 Å². The Morgan fingerprint density at radius 3 is 2.37 bits per heavy atom. The molecule has 0 saturated carbocycles. The first kappa shape index (κ1) is 21.8. The van der Waals surface area contributed by atoms with Crippen molar-refractivity contribution in [2.75, 3.05) is 13.3 Å². The Hall–Kier alpha value is -1.49. The highest BCUT2D eigenvalue weighted by molar-refractivity contribution is 7.72. The molecule has 148 valence electrons. The van der Waals surface area contributed by atoms with E-state index in [0.717, 1.165) is 36.4 Å². The minimum absolute atomic E-state index is 0.312. The van der Waals surface area contributed by atoms with Gasteiger partial charge in [0.2, 0.25) is 7.37 Å². The maximum absolute atomic E-state index is 11.9. The van der Waals surface area contributed by atoms with Crippen LogP contribution in [0.5, 0.6) is 5.75 Å². The molecule has 2 rings (SSSR count). The van der Waals surface area contributed by atoms with E-state index in [9.17, 15) is 23.8 Å². The first-order valence-electron chi connectivity index (χ1n) is 8.67. The molecule has 0 saturated heterocycles. The van der Waals surface area contributed by atoms with Crippen LogP contribution < -0.4 is 14.2 Å². The third kappa shape index (κ3) is 6.56. The standard InChI is InChI=1S/C18H25NO6P2/c1-3-4-12-25-17-9-7-15(8-10-17)16-6-5-11-19(13-16)14-18(26(2,20)21)27(22,23)24/h5-11,13,18H,3-4,12,14H2,1-2H3,(H2-,20,21,22,23,24). The van der Waals surface area contributed by atoms with Crippen molar-refractivity contribution in [3.8, 4) is 16.9 Å². The van der Waals surface area contributed by atoms with E-state index in [-0.39, 0.29) is 6.54 Å². The van der Waals surface area contributed by atoms with Crippen LogP contribution in [-0.4, -0.2) is 28.5 Å². The van der Waals surface area contributed by atoms with E-state index in [1.165, 1.54) is 4.57 Å². The molecule has 2 N–H and O–H groups in total. The molecule has 0 aliphatic rings. The van der Waals surface area contributed by atoms with Crippen molar-refractivity contribution in [3.63, 3.8) is 0 Å². The van der Waals surface area contributed by atoms with Gasteiger partial charge in [-0.25, -0.2) is 4.57 Å². The fourth-order valence-corrected chi connectivity index (χ4v) is 5.65. The fraction of sp³-hybridized carbons (Fsp3) is 0.389. The van der Waals surface area contributed by atoms with Gasteiger partial charge >= 0.3 is 0 Å². The Morgan fingerprint density at radius 1 is 1.15 bits per heavy atom. The number of nitrogens with zero attached hydrogens (tertiary/aromatic N) is 1. The van der Waals surface area contributed by atoms with Crippen molar-refractivity contribution in [2.24, 2.45) is 0 Å². The summed E-state index contributed by atoms with van der Waals surface area (Å²) in [6.45, 7) is 3.38. The topological polar surface area (TPSA) is 111 Å². The third-order valence-electron chi connectivity index (χ3n) is 4.12. The van der Waals surface area contributed by atoms with Crippen LogP contribution in [0.15, 0.2) is 48.8 Å². The number of ether oxygens (including phenoxy) is 1. The summed E-state index contributed by atoms with van der Waals surface area (Å²) in [5, 5.41) is -1.75. The highest BCUT2D eigenvalue weighted by Crippen LogP contribution is 2.57. The maximum atomic E-state index is 11.9. The van der Waals surface area contributed by atoms with Crippen LogP contribution in [-0.2, 0) is 15.7 Å². The average Bonchev–Trinajstić information content (AvgIpc) is 2.59. The van der Waals surface area contributed by atoms with Gasteiger partial charge in [-0.05, 0) is 30.2 Å². The maximum Gasteiger partial charge on any atom is 0.215 e. The van der Waals surface area contributed by atoms with E-state index in [0.29, 0.717) is 6.61 Å². The number of hydrogen-bond acceptors (Lipinski definition) is 4. The van der Waals surface area contributed by atoms with Crippen LogP contribution in [0, 0.1) is 0 Å². The minimum atomic E-state index is -4.97. The third-order valence-corrected chi connectivity index (χ3v) is 8.46. The van der Waals surface area contributed by atoms with E-state index in [1.54, 1.807) is 18.5 Å². The van der Waals surface area contributed by atoms with Gasteiger partial charge in [0.15, 0.2) is 31.9 Å². The zero-order chi connectivity index (χ0) is 20.1. The molecule has 3 atom stereocenters. The van der Waals surface area contributed by atoms with Gasteiger partial charge in [0, 0.05) is 18.3 Å². The second kappa shape index (κ2) is 9.13. The monoisotopic (exact) mass is 413 g/mol. The second-order valence-electron chi connectivity index (χ2n) is 6.50. The second-order valence-corrected chi connectivity index (χ2v) is 11.2. The molecule has 0 aliphatic carbocycles. The van der Waals surface area contributed by atoms with Gasteiger partial charge in [-0.3, -0.25) is 4.57 Å². The van der Waals surface area contributed by atoms with Gasteiger partial charge in [-0.1, -0.05) is 25.5 Å². The van der Waals surface area contributed by atoms with Gasteiger partial charge in [0.1, 0.15) is 5.75 Å². The van der Waals surface area contributed by atoms with Crippen molar-refractivity contribution < 1.29 is 33.1 Å². The van der Waals surface area contributed by atoms with Crippen LogP contribution in [0.3, 0.4) is 0 Å². The summed E-state index contributed by atoms with van der Waals surface area (Å²) >= 11 is 0. The van der Waals surface area contributed by atoms with Gasteiger partial charge in [-0.2, -0.15) is 0 Å². The van der Waals surface area contributed by atoms with E-state index >= 15 is 0 Å². The van der Waals surface area contributed by atoms with E-state index in [2.05, 4.69) is 6.92 Å². The molecule has 9 heteroatoms. The van der Waals surface area contributed by atoms with E-state index < -0.39 is 20.4 Å². The summed E-state index contributed by atoms with van der Waals surface area (Å²) in [6.07, 6.45) is 5.31. The summed E-state index contributed by atoms with van der Waals surface area (Å²) < 4.78 is 30.5. The highest BCUT2D eigenvalue weighted by atomic mass is 31.2. The van der Waals surface area contributed by atoms with Crippen LogP contribution in [0.25, 0.3) is 11.1 Å². The number of rotatable bonds is 9. The van der Waals surface area contributed by atoms with Crippen LogP contribution in [0.4, 0.5) is 0 Å². The summed E-state index contributed by atoms with van der Waals surface area (Å²) in [7, 11) is -9.00. The molecule has 1 aromatic carbocycles. The zero-order valence-corrected chi connectivity index (χ0v) is 17.2. The first-order valence-corrected chi connectivity index (χ1v) is 12.5. The minimum Gasteiger partial charge on any atom is -0.778 e. The molecular formula is C18H25NO6P2. The van der Waals surface area contributed by atoms with E-state index in [1.807, 2.05) is 30.3 Å². The van der Waals surface area contributed by atoms with Crippen molar-refractivity contribution in [1.29, 1.82) is 0 Å². The molecule has 0 fully saturated rings. The van der Waals surface area contributed by atoms with Crippen molar-refractivity contribution in [1.82, 2.24) is 0 Å².